The molecule has 2 heterocycles. The molecule has 82 valence electrons. The minimum atomic E-state index is 0.192. The molecule has 1 saturated heterocycles. The third kappa shape index (κ3) is 2.34. The Bertz CT molecular complexity index is 348. The predicted molar refractivity (Wildman–Crippen MR) is 52.9 cm³/mol. The highest BCUT2D eigenvalue weighted by Crippen LogP contribution is 2.12. The van der Waals surface area contributed by atoms with Gasteiger partial charge in [-0.2, -0.15) is 4.98 Å². The summed E-state index contributed by atoms with van der Waals surface area (Å²) in [5, 5.41) is 3.85. The van der Waals surface area contributed by atoms with E-state index in [4.69, 9.17) is 4.52 Å². The number of amides is 1. The number of nitrogens with zero attached hydrogens (tertiary/aromatic N) is 3. The van der Waals surface area contributed by atoms with Gasteiger partial charge in [-0.15, -0.1) is 0 Å². The molecule has 0 radical (unpaired) electrons. The molecule has 0 atom stereocenters. The molecule has 1 fully saturated rings. The van der Waals surface area contributed by atoms with E-state index < -0.39 is 0 Å². The fourth-order valence-electron chi connectivity index (χ4n) is 1.71. The second-order valence-electron chi connectivity index (χ2n) is 3.77. The summed E-state index contributed by atoms with van der Waals surface area (Å²) in [6.45, 7) is 3.37. The molecule has 0 unspecified atom stereocenters. The highest BCUT2D eigenvalue weighted by atomic mass is 16.5. The first-order chi connectivity index (χ1) is 7.29. The number of carbonyl (C=O) groups is 1. The van der Waals surface area contributed by atoms with E-state index in [1.165, 1.54) is 0 Å². The van der Waals surface area contributed by atoms with Crippen LogP contribution in [-0.4, -0.2) is 27.5 Å². The van der Waals surface area contributed by atoms with Crippen LogP contribution >= 0.6 is 0 Å². The van der Waals surface area contributed by atoms with Crippen molar-refractivity contribution in [2.24, 2.45) is 0 Å². The van der Waals surface area contributed by atoms with E-state index in [0.29, 0.717) is 24.7 Å². The van der Waals surface area contributed by atoms with Crippen LogP contribution in [-0.2, 0) is 17.8 Å². The summed E-state index contributed by atoms with van der Waals surface area (Å²) >= 11 is 0. The van der Waals surface area contributed by atoms with Crippen LogP contribution in [0.4, 0.5) is 0 Å². The highest BCUT2D eigenvalue weighted by molar-refractivity contribution is 5.77. The van der Waals surface area contributed by atoms with E-state index in [2.05, 4.69) is 17.1 Å². The first kappa shape index (κ1) is 10.1. The average Bonchev–Trinajstić information content (AvgIpc) is 2.79. The third-order valence-electron chi connectivity index (χ3n) is 2.48. The average molecular weight is 209 g/mol. The summed E-state index contributed by atoms with van der Waals surface area (Å²) < 4.78 is 5.05. The quantitative estimate of drug-likeness (QED) is 0.746. The molecule has 0 saturated carbocycles. The molecule has 0 spiro atoms. The van der Waals surface area contributed by atoms with Gasteiger partial charge in [-0.3, -0.25) is 4.79 Å². The van der Waals surface area contributed by atoms with Crippen LogP contribution in [0.1, 0.15) is 37.9 Å². The lowest BCUT2D eigenvalue weighted by Crippen LogP contribution is -2.24. The normalized spacial score (nSPS) is 16.3. The molecule has 2 rings (SSSR count). The van der Waals surface area contributed by atoms with Gasteiger partial charge < -0.3 is 9.42 Å². The number of aryl methyl sites for hydroxylation is 1. The Morgan fingerprint density at radius 3 is 3.07 bits per heavy atom. The van der Waals surface area contributed by atoms with Crippen LogP contribution < -0.4 is 0 Å². The third-order valence-corrected chi connectivity index (χ3v) is 2.48. The van der Waals surface area contributed by atoms with Gasteiger partial charge >= 0.3 is 0 Å². The fraction of sp³-hybridized carbons (Fsp3) is 0.700. The van der Waals surface area contributed by atoms with Crippen LogP contribution in [0.15, 0.2) is 4.52 Å². The minimum Gasteiger partial charge on any atom is -0.339 e. The Balaban J connectivity index is 1.95. The van der Waals surface area contributed by atoms with E-state index in [1.807, 2.05) is 0 Å². The molecule has 1 aliphatic heterocycles. The van der Waals surface area contributed by atoms with Gasteiger partial charge in [0.2, 0.25) is 11.8 Å². The largest absolute Gasteiger partial charge is 0.339 e. The summed E-state index contributed by atoms with van der Waals surface area (Å²) in [5.74, 6) is 1.48. The van der Waals surface area contributed by atoms with Gasteiger partial charge in [-0.05, 0) is 12.8 Å². The molecule has 1 aromatic heterocycles. The zero-order chi connectivity index (χ0) is 10.7. The zero-order valence-corrected chi connectivity index (χ0v) is 8.90. The standard InChI is InChI=1S/C10H15N3O2/c1-2-4-9-11-8(12-15-9)7-13-6-3-5-10(13)14/h2-7H2,1H3. The van der Waals surface area contributed by atoms with Crippen molar-refractivity contribution >= 4 is 5.91 Å². The molecule has 1 aromatic rings. The summed E-state index contributed by atoms with van der Waals surface area (Å²) in [6.07, 6.45) is 3.39. The Morgan fingerprint density at radius 1 is 1.53 bits per heavy atom. The molecular formula is C10H15N3O2. The lowest BCUT2D eigenvalue weighted by molar-refractivity contribution is -0.128. The zero-order valence-electron chi connectivity index (χ0n) is 8.90. The van der Waals surface area contributed by atoms with Gasteiger partial charge in [-0.25, -0.2) is 0 Å². The Hall–Kier alpha value is -1.39. The fourth-order valence-corrected chi connectivity index (χ4v) is 1.71. The first-order valence-corrected chi connectivity index (χ1v) is 5.39. The van der Waals surface area contributed by atoms with Crippen molar-refractivity contribution in [1.29, 1.82) is 0 Å². The van der Waals surface area contributed by atoms with Crippen molar-refractivity contribution in [2.75, 3.05) is 6.54 Å². The second-order valence-corrected chi connectivity index (χ2v) is 3.77. The number of hydrogen-bond donors (Lipinski definition) is 0. The maximum Gasteiger partial charge on any atom is 0.226 e. The lowest BCUT2D eigenvalue weighted by Gasteiger charge is -2.11. The van der Waals surface area contributed by atoms with Gasteiger partial charge in [-0.1, -0.05) is 12.1 Å². The maximum atomic E-state index is 11.4. The predicted octanol–water partition coefficient (Wildman–Crippen LogP) is 1.14. The molecule has 5 nitrogen and oxygen atoms in total. The molecule has 0 aromatic carbocycles. The topological polar surface area (TPSA) is 59.2 Å². The van der Waals surface area contributed by atoms with E-state index in [1.54, 1.807) is 4.90 Å². The molecular weight excluding hydrogens is 194 g/mol. The Morgan fingerprint density at radius 2 is 2.40 bits per heavy atom. The van der Waals surface area contributed by atoms with E-state index in [0.717, 1.165) is 25.8 Å². The number of likely N-dealkylation sites (tertiary alicyclic amines) is 1. The maximum absolute atomic E-state index is 11.4. The monoisotopic (exact) mass is 209 g/mol. The molecule has 0 bridgehead atoms. The number of rotatable bonds is 4. The van der Waals surface area contributed by atoms with Gasteiger partial charge in [0.05, 0.1) is 6.54 Å². The van der Waals surface area contributed by atoms with Crippen LogP contribution in [0, 0.1) is 0 Å². The molecule has 5 heteroatoms. The molecule has 0 aliphatic carbocycles. The SMILES string of the molecule is CCCc1nc(CN2CCCC2=O)no1. The van der Waals surface area contributed by atoms with Gasteiger partial charge in [0.1, 0.15) is 0 Å². The number of aromatic nitrogens is 2. The van der Waals surface area contributed by atoms with Crippen molar-refractivity contribution in [3.8, 4) is 0 Å². The molecule has 1 amide bonds. The second kappa shape index (κ2) is 4.42. The summed E-state index contributed by atoms with van der Waals surface area (Å²) in [7, 11) is 0. The van der Waals surface area contributed by atoms with Crippen molar-refractivity contribution in [2.45, 2.75) is 39.2 Å². The van der Waals surface area contributed by atoms with E-state index >= 15 is 0 Å². The summed E-state index contributed by atoms with van der Waals surface area (Å²) in [5.41, 5.74) is 0. The smallest absolute Gasteiger partial charge is 0.226 e. The number of carbonyl (C=O) groups excluding carboxylic acids is 1. The summed E-state index contributed by atoms with van der Waals surface area (Å²) in [6, 6.07) is 0. The molecule has 0 N–H and O–H groups in total. The van der Waals surface area contributed by atoms with E-state index in [9.17, 15) is 4.79 Å². The van der Waals surface area contributed by atoms with Crippen molar-refractivity contribution in [3.63, 3.8) is 0 Å². The minimum absolute atomic E-state index is 0.192. The van der Waals surface area contributed by atoms with E-state index in [-0.39, 0.29) is 5.91 Å². The summed E-state index contributed by atoms with van der Waals surface area (Å²) in [4.78, 5) is 17.4. The van der Waals surface area contributed by atoms with Crippen LogP contribution in [0.5, 0.6) is 0 Å². The van der Waals surface area contributed by atoms with Gasteiger partial charge in [0.15, 0.2) is 5.82 Å². The molecule has 15 heavy (non-hydrogen) atoms. The van der Waals surface area contributed by atoms with Gasteiger partial charge in [0.25, 0.3) is 0 Å². The first-order valence-electron chi connectivity index (χ1n) is 5.39. The van der Waals surface area contributed by atoms with Crippen molar-refractivity contribution < 1.29 is 9.32 Å². The van der Waals surface area contributed by atoms with Crippen LogP contribution in [0.2, 0.25) is 0 Å². The van der Waals surface area contributed by atoms with Crippen LogP contribution in [0.25, 0.3) is 0 Å². The van der Waals surface area contributed by atoms with Crippen molar-refractivity contribution in [1.82, 2.24) is 15.0 Å². The number of hydrogen-bond acceptors (Lipinski definition) is 4. The van der Waals surface area contributed by atoms with Crippen molar-refractivity contribution in [3.05, 3.63) is 11.7 Å². The lowest BCUT2D eigenvalue weighted by atomic mass is 10.3. The molecule has 1 aliphatic rings. The Labute approximate surface area is 88.5 Å². The highest BCUT2D eigenvalue weighted by Gasteiger charge is 2.21. The van der Waals surface area contributed by atoms with Crippen LogP contribution in [0.3, 0.4) is 0 Å². The van der Waals surface area contributed by atoms with Gasteiger partial charge in [0, 0.05) is 19.4 Å². The Kier molecular flexibility index (Phi) is 2.99.